The monoisotopic (exact) mass is 481 g/mol. The summed E-state index contributed by atoms with van der Waals surface area (Å²) in [5.74, 6) is 0. The Labute approximate surface area is 192 Å². The Hall–Kier alpha value is -1.45. The molecule has 0 saturated heterocycles. The third-order valence-corrected chi connectivity index (χ3v) is 9.16. The Morgan fingerprint density at radius 1 is 1.23 bits per heavy atom. The lowest BCUT2D eigenvalue weighted by Crippen LogP contribution is -2.38. The molecular weight excluding hydrogens is 454 g/mol. The van der Waals surface area contributed by atoms with Gasteiger partial charge in [-0.25, -0.2) is 18.1 Å². The van der Waals surface area contributed by atoms with Crippen LogP contribution in [0, 0.1) is 6.92 Å². The Bertz CT molecular complexity index is 1220. The Morgan fingerprint density at radius 2 is 1.90 bits per heavy atom. The predicted octanol–water partition coefficient (Wildman–Crippen LogP) is 4.90. The van der Waals surface area contributed by atoms with E-state index >= 15 is 0 Å². The normalized spacial score (nSPS) is 20.5. The number of fused-ring (bicyclic) bond motifs is 1. The van der Waals surface area contributed by atoms with Crippen LogP contribution < -0.4 is 4.72 Å². The first-order valence-electron chi connectivity index (χ1n) is 10.4. The topological polar surface area (TPSA) is 83.7 Å². The summed E-state index contributed by atoms with van der Waals surface area (Å²) in [6, 6.07) is 4.91. The second kappa shape index (κ2) is 8.15. The number of aliphatic hydroxyl groups excluding tert-OH is 1. The largest absolute Gasteiger partial charge is 0.393 e. The number of nitrogens with one attached hydrogen (secondary N) is 1. The van der Waals surface area contributed by atoms with Crippen molar-refractivity contribution >= 4 is 37.9 Å². The summed E-state index contributed by atoms with van der Waals surface area (Å²) < 4.78 is 31.1. The third-order valence-electron chi connectivity index (χ3n) is 5.75. The molecule has 6 nitrogen and oxygen atoms in total. The molecule has 1 aliphatic carbocycles. The molecular formula is C22H28ClN3O3S2. The standard InChI is InChI=1S/C22H28ClN3O3S2/c1-13-20(26-12-19(22(2,3)4)30-21(26)24-13)14-5-10-17(23)18(11-14)31(28,29)25-15-6-8-16(27)9-7-15/h5,10-12,15-16,25,27H,6-9H2,1-4H3. The van der Waals surface area contributed by atoms with Crippen LogP contribution in [0.5, 0.6) is 0 Å². The smallest absolute Gasteiger partial charge is 0.242 e. The molecule has 1 fully saturated rings. The molecule has 0 unspecified atom stereocenters. The lowest BCUT2D eigenvalue weighted by molar-refractivity contribution is 0.120. The number of halogens is 1. The average molecular weight is 482 g/mol. The number of hydrogen-bond donors (Lipinski definition) is 2. The van der Waals surface area contributed by atoms with Crippen molar-refractivity contribution in [2.75, 3.05) is 0 Å². The number of aryl methyl sites for hydroxylation is 1. The van der Waals surface area contributed by atoms with E-state index in [9.17, 15) is 13.5 Å². The van der Waals surface area contributed by atoms with Crippen LogP contribution in [0.15, 0.2) is 29.3 Å². The van der Waals surface area contributed by atoms with Gasteiger partial charge in [0.1, 0.15) is 4.90 Å². The molecule has 168 valence electrons. The second-order valence-corrected chi connectivity index (χ2v) is 12.4. The minimum Gasteiger partial charge on any atom is -0.393 e. The quantitative estimate of drug-likeness (QED) is 0.554. The van der Waals surface area contributed by atoms with Crippen LogP contribution in [0.1, 0.15) is 57.0 Å². The van der Waals surface area contributed by atoms with Gasteiger partial charge in [0.2, 0.25) is 10.0 Å². The fourth-order valence-electron chi connectivity index (χ4n) is 3.98. The van der Waals surface area contributed by atoms with Gasteiger partial charge in [-0.1, -0.05) is 38.4 Å². The molecule has 2 N–H and O–H groups in total. The summed E-state index contributed by atoms with van der Waals surface area (Å²) in [6.45, 7) is 8.41. The summed E-state index contributed by atoms with van der Waals surface area (Å²) in [7, 11) is -3.80. The molecule has 2 aromatic heterocycles. The maximum Gasteiger partial charge on any atom is 0.242 e. The van der Waals surface area contributed by atoms with Gasteiger partial charge < -0.3 is 5.11 Å². The number of aliphatic hydroxyl groups is 1. The van der Waals surface area contributed by atoms with Crippen molar-refractivity contribution in [1.29, 1.82) is 0 Å². The van der Waals surface area contributed by atoms with Crippen LogP contribution in [0.2, 0.25) is 5.02 Å². The molecule has 2 heterocycles. The van der Waals surface area contributed by atoms with Gasteiger partial charge in [0, 0.05) is 22.7 Å². The number of imidazole rings is 1. The van der Waals surface area contributed by atoms with Crippen molar-refractivity contribution in [1.82, 2.24) is 14.1 Å². The van der Waals surface area contributed by atoms with Gasteiger partial charge in [-0.05, 0) is 50.2 Å². The molecule has 1 aliphatic rings. The second-order valence-electron chi connectivity index (χ2n) is 9.32. The van der Waals surface area contributed by atoms with Crippen LogP contribution in [0.4, 0.5) is 0 Å². The van der Waals surface area contributed by atoms with E-state index < -0.39 is 10.0 Å². The van der Waals surface area contributed by atoms with Crippen LogP contribution in [0.25, 0.3) is 16.2 Å². The maximum absolute atomic E-state index is 13.1. The van der Waals surface area contributed by atoms with Crippen LogP contribution >= 0.6 is 22.9 Å². The van der Waals surface area contributed by atoms with Crippen molar-refractivity contribution < 1.29 is 13.5 Å². The van der Waals surface area contributed by atoms with Crippen LogP contribution in [-0.2, 0) is 15.4 Å². The first-order chi connectivity index (χ1) is 14.5. The number of nitrogens with zero attached hydrogens (tertiary/aromatic N) is 2. The molecule has 0 bridgehead atoms. The Balaban J connectivity index is 1.73. The summed E-state index contributed by atoms with van der Waals surface area (Å²) in [6.07, 6.45) is 4.17. The van der Waals surface area contributed by atoms with E-state index in [4.69, 9.17) is 16.6 Å². The molecule has 31 heavy (non-hydrogen) atoms. The zero-order valence-corrected chi connectivity index (χ0v) is 20.5. The van der Waals surface area contributed by atoms with E-state index in [1.54, 1.807) is 23.5 Å². The van der Waals surface area contributed by atoms with E-state index in [2.05, 4.69) is 31.7 Å². The molecule has 0 radical (unpaired) electrons. The fourth-order valence-corrected chi connectivity index (χ4v) is 6.90. The van der Waals surface area contributed by atoms with E-state index in [0.29, 0.717) is 25.7 Å². The molecule has 0 spiro atoms. The lowest BCUT2D eigenvalue weighted by Gasteiger charge is -2.26. The van der Waals surface area contributed by atoms with Gasteiger partial charge >= 0.3 is 0 Å². The van der Waals surface area contributed by atoms with Crippen LogP contribution in [-0.4, -0.2) is 35.1 Å². The Morgan fingerprint density at radius 3 is 2.55 bits per heavy atom. The summed E-state index contributed by atoms with van der Waals surface area (Å²) in [5.41, 5.74) is 2.47. The minimum absolute atomic E-state index is 0.00251. The minimum atomic E-state index is -3.80. The molecule has 3 aromatic rings. The SMILES string of the molecule is Cc1nc2sc(C(C)(C)C)cn2c1-c1ccc(Cl)c(S(=O)(=O)NC2CCC(O)CC2)c1. The average Bonchev–Trinajstić information content (AvgIpc) is 3.21. The van der Waals surface area contributed by atoms with Crippen molar-refractivity contribution in [3.05, 3.63) is 40.0 Å². The fraction of sp³-hybridized carbons (Fsp3) is 0.500. The molecule has 0 aliphatic heterocycles. The highest BCUT2D eigenvalue weighted by molar-refractivity contribution is 7.89. The van der Waals surface area contributed by atoms with Crippen LogP contribution in [0.3, 0.4) is 0 Å². The van der Waals surface area contributed by atoms with E-state index in [1.165, 1.54) is 4.88 Å². The lowest BCUT2D eigenvalue weighted by atomic mass is 9.94. The summed E-state index contributed by atoms with van der Waals surface area (Å²) in [5, 5.41) is 9.87. The zero-order valence-electron chi connectivity index (χ0n) is 18.1. The van der Waals surface area contributed by atoms with Gasteiger partial charge in [0.25, 0.3) is 0 Å². The van der Waals surface area contributed by atoms with Crippen molar-refractivity contribution in [3.63, 3.8) is 0 Å². The number of rotatable bonds is 4. The number of benzene rings is 1. The number of aromatic nitrogens is 2. The molecule has 1 aromatic carbocycles. The van der Waals surface area contributed by atoms with Gasteiger partial charge in [-0.15, -0.1) is 11.3 Å². The van der Waals surface area contributed by atoms with E-state index in [0.717, 1.165) is 21.9 Å². The van der Waals surface area contributed by atoms with Gasteiger partial charge in [-0.3, -0.25) is 4.40 Å². The number of hydrogen-bond acceptors (Lipinski definition) is 5. The van der Waals surface area contributed by atoms with Crippen molar-refractivity contribution in [2.45, 2.75) is 75.8 Å². The zero-order chi connectivity index (χ0) is 22.6. The summed E-state index contributed by atoms with van der Waals surface area (Å²) in [4.78, 5) is 6.86. The van der Waals surface area contributed by atoms with Crippen molar-refractivity contribution in [2.24, 2.45) is 0 Å². The van der Waals surface area contributed by atoms with Gasteiger partial charge in [-0.2, -0.15) is 0 Å². The maximum atomic E-state index is 13.1. The third kappa shape index (κ3) is 4.54. The predicted molar refractivity (Wildman–Crippen MR) is 126 cm³/mol. The highest BCUT2D eigenvalue weighted by Crippen LogP contribution is 2.36. The molecule has 0 atom stereocenters. The number of sulfonamides is 1. The van der Waals surface area contributed by atoms with E-state index in [-0.39, 0.29) is 27.5 Å². The molecule has 4 rings (SSSR count). The van der Waals surface area contributed by atoms with Gasteiger partial charge in [0.05, 0.1) is 22.5 Å². The highest BCUT2D eigenvalue weighted by Gasteiger charge is 2.27. The molecule has 1 saturated carbocycles. The molecule has 0 amide bonds. The first-order valence-corrected chi connectivity index (χ1v) is 13.1. The number of thiazole rings is 1. The Kier molecular flexibility index (Phi) is 5.98. The van der Waals surface area contributed by atoms with Crippen molar-refractivity contribution in [3.8, 4) is 11.3 Å². The van der Waals surface area contributed by atoms with E-state index in [1.807, 2.05) is 17.4 Å². The van der Waals surface area contributed by atoms with Gasteiger partial charge in [0.15, 0.2) is 4.96 Å². The highest BCUT2D eigenvalue weighted by atomic mass is 35.5. The molecule has 9 heteroatoms. The summed E-state index contributed by atoms with van der Waals surface area (Å²) >= 11 is 7.97. The first kappa shape index (κ1) is 22.7.